The van der Waals surface area contributed by atoms with Gasteiger partial charge >= 0.3 is 0 Å². The Labute approximate surface area is 116 Å². The second-order valence-corrected chi connectivity index (χ2v) is 6.23. The van der Waals surface area contributed by atoms with Gasteiger partial charge < -0.3 is 5.32 Å². The molecule has 2 heteroatoms. The summed E-state index contributed by atoms with van der Waals surface area (Å²) in [5, 5.41) is 3.92. The minimum atomic E-state index is 0. The molecule has 0 radical (unpaired) electrons. The molecule has 0 bridgehead atoms. The van der Waals surface area contributed by atoms with Crippen molar-refractivity contribution in [3.63, 3.8) is 0 Å². The maximum Gasteiger partial charge on any atom is 0.0494 e. The summed E-state index contributed by atoms with van der Waals surface area (Å²) in [5.41, 5.74) is 4.20. The molecule has 0 aromatic heterocycles. The van der Waals surface area contributed by atoms with Gasteiger partial charge in [0.2, 0.25) is 0 Å². The van der Waals surface area contributed by atoms with Crippen molar-refractivity contribution in [1.29, 1.82) is 0 Å². The summed E-state index contributed by atoms with van der Waals surface area (Å²) in [6, 6.07) is 9.19. The molecular formula is C16H22ClN. The smallest absolute Gasteiger partial charge is 0.0494 e. The first-order valence-electron chi connectivity index (χ1n) is 7.20. The van der Waals surface area contributed by atoms with Crippen molar-refractivity contribution in [1.82, 2.24) is 5.32 Å². The minimum Gasteiger partial charge on any atom is -0.307 e. The molecule has 2 unspecified atom stereocenters. The van der Waals surface area contributed by atoms with Crippen LogP contribution in [0.3, 0.4) is 0 Å². The molecule has 2 atom stereocenters. The molecule has 98 valence electrons. The first-order valence-corrected chi connectivity index (χ1v) is 7.20. The van der Waals surface area contributed by atoms with Gasteiger partial charge in [0.15, 0.2) is 0 Å². The molecule has 1 nitrogen and oxygen atoms in total. The van der Waals surface area contributed by atoms with Crippen molar-refractivity contribution >= 4 is 12.4 Å². The zero-order valence-corrected chi connectivity index (χ0v) is 11.7. The molecule has 1 heterocycles. The lowest BCUT2D eigenvalue weighted by atomic mass is 9.54. The number of aryl methyl sites for hydroxylation is 1. The zero-order chi connectivity index (χ0) is 11.3. The first-order chi connectivity index (χ1) is 8.36. The second kappa shape index (κ2) is 4.25. The lowest BCUT2D eigenvalue weighted by Gasteiger charge is -2.53. The van der Waals surface area contributed by atoms with Crippen molar-refractivity contribution in [2.45, 2.75) is 50.5 Å². The maximum atomic E-state index is 3.92. The molecule has 1 N–H and O–H groups in total. The van der Waals surface area contributed by atoms with Gasteiger partial charge in [-0.1, -0.05) is 37.1 Å². The van der Waals surface area contributed by atoms with E-state index in [-0.39, 0.29) is 12.4 Å². The summed E-state index contributed by atoms with van der Waals surface area (Å²) in [5.74, 6) is 0. The molecule has 18 heavy (non-hydrogen) atoms. The van der Waals surface area contributed by atoms with Crippen LogP contribution in [0.4, 0.5) is 0 Å². The van der Waals surface area contributed by atoms with Gasteiger partial charge in [-0.3, -0.25) is 0 Å². The van der Waals surface area contributed by atoms with Gasteiger partial charge in [-0.25, -0.2) is 0 Å². The minimum absolute atomic E-state index is 0. The van der Waals surface area contributed by atoms with Crippen LogP contribution in [0, 0.1) is 5.41 Å². The second-order valence-electron chi connectivity index (χ2n) is 6.23. The van der Waals surface area contributed by atoms with Crippen LogP contribution in [0.2, 0.25) is 0 Å². The van der Waals surface area contributed by atoms with Gasteiger partial charge in [-0.2, -0.15) is 0 Å². The third-order valence-electron chi connectivity index (χ3n) is 5.74. The van der Waals surface area contributed by atoms with Crippen molar-refractivity contribution in [2.24, 2.45) is 5.41 Å². The van der Waals surface area contributed by atoms with E-state index in [1.807, 2.05) is 0 Å². The SMILES string of the molecule is Cl.c1ccc2c(c1)CCC13CCCCC21NCC3. The Hall–Kier alpha value is -0.530. The van der Waals surface area contributed by atoms with Crippen LogP contribution >= 0.6 is 12.4 Å². The quantitative estimate of drug-likeness (QED) is 0.751. The largest absolute Gasteiger partial charge is 0.307 e. The number of benzene rings is 1. The Bertz CT molecular complexity index is 458. The van der Waals surface area contributed by atoms with Crippen molar-refractivity contribution < 1.29 is 0 Å². The summed E-state index contributed by atoms with van der Waals surface area (Å²) in [4.78, 5) is 0. The van der Waals surface area contributed by atoms with Crippen LogP contribution in [-0.4, -0.2) is 6.54 Å². The van der Waals surface area contributed by atoms with Crippen LogP contribution in [0.15, 0.2) is 24.3 Å². The number of fused-ring (bicyclic) bond motifs is 1. The molecule has 0 spiro atoms. The van der Waals surface area contributed by atoms with E-state index in [4.69, 9.17) is 0 Å². The topological polar surface area (TPSA) is 12.0 Å². The monoisotopic (exact) mass is 263 g/mol. The Balaban J connectivity index is 0.000001000. The van der Waals surface area contributed by atoms with E-state index in [9.17, 15) is 0 Å². The van der Waals surface area contributed by atoms with Gasteiger partial charge in [-0.15, -0.1) is 12.4 Å². The fraction of sp³-hybridized carbons (Fsp3) is 0.625. The Morgan fingerprint density at radius 3 is 2.72 bits per heavy atom. The fourth-order valence-corrected chi connectivity index (χ4v) is 4.97. The summed E-state index contributed by atoms with van der Waals surface area (Å²) >= 11 is 0. The normalized spacial score (nSPS) is 37.1. The molecule has 3 aliphatic rings. The van der Waals surface area contributed by atoms with E-state index >= 15 is 0 Å². The lowest BCUT2D eigenvalue weighted by molar-refractivity contribution is 0.0524. The number of nitrogens with one attached hydrogen (secondary N) is 1. The van der Waals surface area contributed by atoms with E-state index in [1.165, 1.54) is 51.5 Å². The third-order valence-corrected chi connectivity index (χ3v) is 5.74. The van der Waals surface area contributed by atoms with Crippen molar-refractivity contribution in [3.8, 4) is 0 Å². The highest BCUT2D eigenvalue weighted by Gasteiger charge is 2.58. The van der Waals surface area contributed by atoms with Crippen molar-refractivity contribution in [2.75, 3.05) is 6.54 Å². The van der Waals surface area contributed by atoms with Gasteiger partial charge in [0.1, 0.15) is 0 Å². The predicted molar refractivity (Wildman–Crippen MR) is 77.2 cm³/mol. The van der Waals surface area contributed by atoms with Gasteiger partial charge in [0.05, 0.1) is 0 Å². The molecule has 2 aliphatic carbocycles. The molecule has 1 aromatic rings. The van der Waals surface area contributed by atoms with Crippen molar-refractivity contribution in [3.05, 3.63) is 35.4 Å². The van der Waals surface area contributed by atoms with Crippen LogP contribution in [0.5, 0.6) is 0 Å². The van der Waals surface area contributed by atoms with Crippen LogP contribution in [0.25, 0.3) is 0 Å². The Kier molecular flexibility index (Phi) is 2.95. The highest BCUT2D eigenvalue weighted by atomic mass is 35.5. The van der Waals surface area contributed by atoms with Gasteiger partial charge in [0.25, 0.3) is 0 Å². The summed E-state index contributed by atoms with van der Waals surface area (Å²) in [6.07, 6.45) is 9.80. The summed E-state index contributed by atoms with van der Waals surface area (Å²) in [7, 11) is 0. The Morgan fingerprint density at radius 2 is 1.78 bits per heavy atom. The molecule has 1 saturated carbocycles. The molecule has 0 amide bonds. The van der Waals surface area contributed by atoms with E-state index in [0.717, 1.165) is 0 Å². The van der Waals surface area contributed by atoms with E-state index in [0.29, 0.717) is 11.0 Å². The third kappa shape index (κ3) is 1.38. The molecule has 1 aromatic carbocycles. The highest BCUT2D eigenvalue weighted by molar-refractivity contribution is 5.85. The molecule has 1 aliphatic heterocycles. The molecule has 1 saturated heterocycles. The molecule has 2 fully saturated rings. The number of rotatable bonds is 0. The van der Waals surface area contributed by atoms with Gasteiger partial charge in [-0.05, 0) is 55.2 Å². The Morgan fingerprint density at radius 1 is 0.944 bits per heavy atom. The van der Waals surface area contributed by atoms with E-state index < -0.39 is 0 Å². The maximum absolute atomic E-state index is 3.92. The summed E-state index contributed by atoms with van der Waals surface area (Å²) < 4.78 is 0. The van der Waals surface area contributed by atoms with Crippen LogP contribution in [-0.2, 0) is 12.0 Å². The highest BCUT2D eigenvalue weighted by Crippen LogP contribution is 2.60. The standard InChI is InChI=1S/C16H21N.ClH/c1-2-6-14-13(5-1)7-10-15-8-3-4-9-16(14,15)17-12-11-15;/h1-2,5-6,17H,3-4,7-12H2;1H. The number of hydrogen-bond acceptors (Lipinski definition) is 1. The lowest BCUT2D eigenvalue weighted by Crippen LogP contribution is -2.53. The fourth-order valence-electron chi connectivity index (χ4n) is 4.97. The molecular weight excluding hydrogens is 242 g/mol. The predicted octanol–water partition coefficient (Wildman–Crippen LogP) is 3.80. The molecule has 4 rings (SSSR count). The van der Waals surface area contributed by atoms with E-state index in [2.05, 4.69) is 29.6 Å². The van der Waals surface area contributed by atoms with Gasteiger partial charge in [0, 0.05) is 5.54 Å². The first kappa shape index (κ1) is 12.5. The summed E-state index contributed by atoms with van der Waals surface area (Å²) in [6.45, 7) is 1.23. The van der Waals surface area contributed by atoms with Crippen LogP contribution < -0.4 is 5.32 Å². The zero-order valence-electron chi connectivity index (χ0n) is 10.9. The average molecular weight is 264 g/mol. The number of halogens is 1. The number of hydrogen-bond donors (Lipinski definition) is 1. The average Bonchev–Trinajstić information content (AvgIpc) is 2.79. The van der Waals surface area contributed by atoms with E-state index in [1.54, 1.807) is 11.1 Å². The van der Waals surface area contributed by atoms with Crippen LogP contribution in [0.1, 0.15) is 49.7 Å².